The highest BCUT2D eigenvalue weighted by Gasteiger charge is 2.48. The first-order chi connectivity index (χ1) is 9.12. The summed E-state index contributed by atoms with van der Waals surface area (Å²) in [7, 11) is 0. The van der Waals surface area contributed by atoms with E-state index in [1.807, 2.05) is 0 Å². The lowest BCUT2D eigenvalue weighted by Crippen LogP contribution is -2.40. The summed E-state index contributed by atoms with van der Waals surface area (Å²) in [5.74, 6) is -1.90. The fourth-order valence-electron chi connectivity index (χ4n) is 2.07. The minimum atomic E-state index is -4.83. The molecule has 1 aliphatic rings. The molecular weight excluding hydrogens is 277 g/mol. The number of ether oxygens (including phenoxy) is 1. The zero-order valence-electron chi connectivity index (χ0n) is 10.6. The molecule has 1 aliphatic heterocycles. The van der Waals surface area contributed by atoms with Crippen LogP contribution in [0.5, 0.6) is 11.5 Å². The van der Waals surface area contributed by atoms with E-state index in [4.69, 9.17) is 9.84 Å². The van der Waals surface area contributed by atoms with Crippen molar-refractivity contribution in [3.05, 3.63) is 28.3 Å². The van der Waals surface area contributed by atoms with E-state index in [-0.39, 0.29) is 22.6 Å². The molecule has 0 radical (unpaired) electrons. The Morgan fingerprint density at radius 2 is 1.95 bits per heavy atom. The average Bonchev–Trinajstić information content (AvgIpc) is 2.33. The standard InChI is InChI=1S/C13H11F3O4/c1-5-3-9-7(6(2)10(5)17)4-8(12(18)19)11(20-9)13(14,15)16/h3-4,11,17H,1-2H3,(H,18,19). The summed E-state index contributed by atoms with van der Waals surface area (Å²) in [6, 6.07) is 1.26. The first kappa shape index (κ1) is 14.2. The second-order valence-electron chi connectivity index (χ2n) is 4.52. The van der Waals surface area contributed by atoms with E-state index in [9.17, 15) is 23.1 Å². The first-order valence-electron chi connectivity index (χ1n) is 5.64. The number of carboxylic acids is 1. The minimum Gasteiger partial charge on any atom is -0.507 e. The summed E-state index contributed by atoms with van der Waals surface area (Å²) in [5.41, 5.74) is -0.129. The molecule has 2 rings (SSSR count). The maximum Gasteiger partial charge on any atom is 0.430 e. The zero-order chi connectivity index (χ0) is 15.2. The van der Waals surface area contributed by atoms with E-state index in [0.717, 1.165) is 6.08 Å². The van der Waals surface area contributed by atoms with Gasteiger partial charge in [-0.1, -0.05) is 0 Å². The maximum atomic E-state index is 12.8. The number of aromatic hydroxyl groups is 1. The van der Waals surface area contributed by atoms with E-state index in [2.05, 4.69) is 0 Å². The molecule has 0 amide bonds. The SMILES string of the molecule is Cc1cc2c(c(C)c1O)C=C(C(=O)O)C(C(F)(F)F)O2. The molecule has 2 N–H and O–H groups in total. The van der Waals surface area contributed by atoms with E-state index in [0.29, 0.717) is 5.56 Å². The Balaban J connectivity index is 2.66. The fourth-order valence-corrected chi connectivity index (χ4v) is 2.07. The summed E-state index contributed by atoms with van der Waals surface area (Å²) < 4.78 is 43.3. The summed E-state index contributed by atoms with van der Waals surface area (Å²) in [6.45, 7) is 3.00. The molecule has 20 heavy (non-hydrogen) atoms. The van der Waals surface area contributed by atoms with Gasteiger partial charge in [-0.3, -0.25) is 0 Å². The van der Waals surface area contributed by atoms with Crippen LogP contribution < -0.4 is 4.74 Å². The Morgan fingerprint density at radius 1 is 1.35 bits per heavy atom. The molecule has 1 heterocycles. The number of aryl methyl sites for hydroxylation is 1. The second kappa shape index (κ2) is 4.43. The Morgan fingerprint density at radius 3 is 2.45 bits per heavy atom. The van der Waals surface area contributed by atoms with Crippen molar-refractivity contribution in [3.63, 3.8) is 0 Å². The van der Waals surface area contributed by atoms with E-state index in [1.54, 1.807) is 0 Å². The quantitative estimate of drug-likeness (QED) is 0.834. The number of fused-ring (bicyclic) bond motifs is 1. The summed E-state index contributed by atoms with van der Waals surface area (Å²) in [5, 5.41) is 18.7. The predicted octanol–water partition coefficient (Wildman–Crippen LogP) is 2.80. The lowest BCUT2D eigenvalue weighted by Gasteiger charge is -2.28. The van der Waals surface area contributed by atoms with Crippen molar-refractivity contribution in [2.75, 3.05) is 0 Å². The largest absolute Gasteiger partial charge is 0.507 e. The van der Waals surface area contributed by atoms with Gasteiger partial charge < -0.3 is 14.9 Å². The van der Waals surface area contributed by atoms with Crippen LogP contribution in [-0.4, -0.2) is 28.5 Å². The van der Waals surface area contributed by atoms with Crippen LogP contribution in [0.1, 0.15) is 16.7 Å². The Bertz CT molecular complexity index is 617. The number of phenols is 1. The predicted molar refractivity (Wildman–Crippen MR) is 63.7 cm³/mol. The van der Waals surface area contributed by atoms with E-state index < -0.39 is 23.8 Å². The Labute approximate surface area is 112 Å². The number of alkyl halides is 3. The highest BCUT2D eigenvalue weighted by molar-refractivity contribution is 5.95. The third kappa shape index (κ3) is 2.19. The van der Waals surface area contributed by atoms with E-state index in [1.165, 1.54) is 19.9 Å². The molecule has 1 unspecified atom stereocenters. The molecule has 7 heteroatoms. The van der Waals surface area contributed by atoms with Gasteiger partial charge in [-0.15, -0.1) is 0 Å². The van der Waals surface area contributed by atoms with Crippen LogP contribution in [0.15, 0.2) is 11.6 Å². The van der Waals surface area contributed by atoms with Crippen LogP contribution in [0.2, 0.25) is 0 Å². The molecule has 0 aliphatic carbocycles. The van der Waals surface area contributed by atoms with E-state index >= 15 is 0 Å². The lowest BCUT2D eigenvalue weighted by molar-refractivity contribution is -0.187. The molecule has 0 fully saturated rings. The number of phenolic OH excluding ortho intramolecular Hbond substituents is 1. The first-order valence-corrected chi connectivity index (χ1v) is 5.64. The number of hydrogen-bond donors (Lipinski definition) is 2. The van der Waals surface area contributed by atoms with Crippen molar-refractivity contribution in [2.45, 2.75) is 26.1 Å². The molecule has 0 saturated carbocycles. The van der Waals surface area contributed by atoms with Crippen molar-refractivity contribution in [1.29, 1.82) is 0 Å². The highest BCUT2D eigenvalue weighted by atomic mass is 19.4. The molecule has 4 nitrogen and oxygen atoms in total. The third-order valence-electron chi connectivity index (χ3n) is 3.12. The maximum absolute atomic E-state index is 12.8. The van der Waals surface area contributed by atoms with Crippen molar-refractivity contribution in [2.24, 2.45) is 0 Å². The van der Waals surface area contributed by atoms with Gasteiger partial charge in [0.2, 0.25) is 6.10 Å². The van der Waals surface area contributed by atoms with Crippen LogP contribution in [0.25, 0.3) is 6.08 Å². The van der Waals surface area contributed by atoms with Crippen molar-refractivity contribution in [3.8, 4) is 11.5 Å². The highest BCUT2D eigenvalue weighted by Crippen LogP contribution is 2.41. The van der Waals surface area contributed by atoms with Crippen LogP contribution in [0, 0.1) is 13.8 Å². The molecule has 0 spiro atoms. The normalized spacial score (nSPS) is 18.1. The Kier molecular flexibility index (Phi) is 3.15. The van der Waals surface area contributed by atoms with Crippen LogP contribution in [0.3, 0.4) is 0 Å². The molecule has 0 bridgehead atoms. The second-order valence-corrected chi connectivity index (χ2v) is 4.52. The minimum absolute atomic E-state index is 0.0925. The van der Waals surface area contributed by atoms with Crippen molar-refractivity contribution in [1.82, 2.24) is 0 Å². The van der Waals surface area contributed by atoms with Crippen LogP contribution >= 0.6 is 0 Å². The smallest absolute Gasteiger partial charge is 0.430 e. The number of halogens is 3. The van der Waals surface area contributed by atoms with Gasteiger partial charge in [-0.05, 0) is 31.6 Å². The molecule has 1 aromatic rings. The topological polar surface area (TPSA) is 66.8 Å². The molecule has 0 aromatic heterocycles. The number of hydrogen-bond acceptors (Lipinski definition) is 3. The summed E-state index contributed by atoms with van der Waals surface area (Å²) >= 11 is 0. The molecular formula is C13H11F3O4. The molecule has 108 valence electrons. The van der Waals surface area contributed by atoms with Crippen LogP contribution in [-0.2, 0) is 4.79 Å². The molecule has 1 aromatic carbocycles. The lowest BCUT2D eigenvalue weighted by atomic mass is 9.95. The number of aliphatic carboxylic acids is 1. The fraction of sp³-hybridized carbons (Fsp3) is 0.308. The van der Waals surface area contributed by atoms with Crippen LogP contribution in [0.4, 0.5) is 13.2 Å². The number of benzene rings is 1. The summed E-state index contributed by atoms with van der Waals surface area (Å²) in [4.78, 5) is 11.0. The third-order valence-corrected chi connectivity index (χ3v) is 3.12. The summed E-state index contributed by atoms with van der Waals surface area (Å²) in [6.07, 6.45) is -6.45. The number of carbonyl (C=O) groups is 1. The molecule has 0 saturated heterocycles. The average molecular weight is 288 g/mol. The van der Waals surface area contributed by atoms with Gasteiger partial charge >= 0.3 is 12.1 Å². The van der Waals surface area contributed by atoms with Gasteiger partial charge in [-0.25, -0.2) is 4.79 Å². The van der Waals surface area contributed by atoms with Crippen molar-refractivity contribution < 1.29 is 32.9 Å². The number of carboxylic acid groups (broad SMARTS) is 1. The van der Waals surface area contributed by atoms with Gasteiger partial charge in [0.15, 0.2) is 0 Å². The van der Waals surface area contributed by atoms with Gasteiger partial charge in [0.1, 0.15) is 11.5 Å². The monoisotopic (exact) mass is 288 g/mol. The Hall–Kier alpha value is -2.18. The zero-order valence-corrected chi connectivity index (χ0v) is 10.6. The number of rotatable bonds is 1. The van der Waals surface area contributed by atoms with Gasteiger partial charge in [0.25, 0.3) is 0 Å². The van der Waals surface area contributed by atoms with Gasteiger partial charge in [0, 0.05) is 11.1 Å². The van der Waals surface area contributed by atoms with Gasteiger partial charge in [-0.2, -0.15) is 13.2 Å². The van der Waals surface area contributed by atoms with Crippen molar-refractivity contribution >= 4 is 12.0 Å². The van der Waals surface area contributed by atoms with Gasteiger partial charge in [0.05, 0.1) is 5.57 Å². The molecule has 1 atom stereocenters.